The fraction of sp³-hybridized carbons (Fsp3) is 0.833. The number of carbonyl (C=O) groups excluding carboxylic acids is 2. The van der Waals surface area contributed by atoms with Crippen LogP contribution < -0.4 is 16.4 Å². The van der Waals surface area contributed by atoms with Gasteiger partial charge in [0.15, 0.2) is 0 Å². The maximum atomic E-state index is 11.5. The average Bonchev–Trinajstić information content (AvgIpc) is 2.28. The van der Waals surface area contributed by atoms with Gasteiger partial charge in [-0.25, -0.2) is 0 Å². The molecule has 2 atom stereocenters. The molecule has 0 aromatic carbocycles. The van der Waals surface area contributed by atoms with Gasteiger partial charge in [0.2, 0.25) is 11.8 Å². The van der Waals surface area contributed by atoms with Gasteiger partial charge in [0.05, 0.1) is 0 Å². The van der Waals surface area contributed by atoms with Crippen molar-refractivity contribution >= 4 is 11.8 Å². The lowest BCUT2D eigenvalue weighted by Crippen LogP contribution is -2.36. The summed E-state index contributed by atoms with van der Waals surface area (Å²) in [6.45, 7) is 6.70. The van der Waals surface area contributed by atoms with Crippen LogP contribution in [-0.2, 0) is 9.59 Å². The van der Waals surface area contributed by atoms with Crippen LogP contribution in [0.5, 0.6) is 0 Å². The minimum Gasteiger partial charge on any atom is -0.355 e. The highest BCUT2D eigenvalue weighted by Crippen LogP contribution is 1.99. The highest BCUT2D eigenvalue weighted by molar-refractivity contribution is 5.80. The SMILES string of the molecule is CCC(C)NC(=O)CCNC(=O)C(C)CCN. The fourth-order valence-corrected chi connectivity index (χ4v) is 1.30. The van der Waals surface area contributed by atoms with E-state index in [1.54, 1.807) is 0 Å². The lowest BCUT2D eigenvalue weighted by molar-refractivity contribution is -0.125. The molecule has 4 N–H and O–H groups in total. The van der Waals surface area contributed by atoms with E-state index in [0.29, 0.717) is 25.9 Å². The molecule has 0 radical (unpaired) electrons. The first kappa shape index (κ1) is 15.9. The van der Waals surface area contributed by atoms with E-state index in [2.05, 4.69) is 10.6 Å². The van der Waals surface area contributed by atoms with E-state index >= 15 is 0 Å². The zero-order valence-corrected chi connectivity index (χ0v) is 11.1. The Kier molecular flexibility index (Phi) is 8.40. The Hall–Kier alpha value is -1.10. The summed E-state index contributed by atoms with van der Waals surface area (Å²) in [5.41, 5.74) is 5.37. The summed E-state index contributed by atoms with van der Waals surface area (Å²) >= 11 is 0. The minimum atomic E-state index is -0.0855. The molecule has 5 heteroatoms. The first-order valence-electron chi connectivity index (χ1n) is 6.28. The predicted octanol–water partition coefficient (Wildman–Crippen LogP) is 0.392. The third-order valence-electron chi connectivity index (χ3n) is 2.72. The van der Waals surface area contributed by atoms with Crippen LogP contribution >= 0.6 is 0 Å². The topological polar surface area (TPSA) is 84.2 Å². The largest absolute Gasteiger partial charge is 0.355 e. The van der Waals surface area contributed by atoms with E-state index < -0.39 is 0 Å². The van der Waals surface area contributed by atoms with Gasteiger partial charge in [0, 0.05) is 24.9 Å². The summed E-state index contributed by atoms with van der Waals surface area (Å²) in [6.07, 6.45) is 1.90. The standard InChI is InChI=1S/C12H25N3O2/c1-4-10(3)15-11(16)6-8-14-12(17)9(2)5-7-13/h9-10H,4-8,13H2,1-3H3,(H,14,17)(H,15,16). The van der Waals surface area contributed by atoms with E-state index in [0.717, 1.165) is 6.42 Å². The van der Waals surface area contributed by atoms with Crippen LogP contribution in [-0.4, -0.2) is 30.9 Å². The van der Waals surface area contributed by atoms with Crippen LogP contribution in [0.3, 0.4) is 0 Å². The molecule has 0 fully saturated rings. The van der Waals surface area contributed by atoms with Gasteiger partial charge >= 0.3 is 0 Å². The molecule has 0 saturated carbocycles. The lowest BCUT2D eigenvalue weighted by atomic mass is 10.1. The van der Waals surface area contributed by atoms with Crippen molar-refractivity contribution in [2.45, 2.75) is 46.1 Å². The van der Waals surface area contributed by atoms with E-state index in [1.807, 2.05) is 20.8 Å². The second-order valence-electron chi connectivity index (χ2n) is 4.40. The monoisotopic (exact) mass is 243 g/mol. The van der Waals surface area contributed by atoms with Crippen LogP contribution in [0.15, 0.2) is 0 Å². The van der Waals surface area contributed by atoms with Crippen LogP contribution in [0.1, 0.15) is 40.0 Å². The molecule has 0 aromatic heterocycles. The van der Waals surface area contributed by atoms with Gasteiger partial charge in [-0.15, -0.1) is 0 Å². The molecule has 2 unspecified atom stereocenters. The molecule has 17 heavy (non-hydrogen) atoms. The Bertz CT molecular complexity index is 244. The quantitative estimate of drug-likeness (QED) is 0.576. The number of hydrogen-bond acceptors (Lipinski definition) is 3. The number of amides is 2. The second kappa shape index (κ2) is 8.98. The summed E-state index contributed by atoms with van der Waals surface area (Å²) in [7, 11) is 0. The molecule has 0 bridgehead atoms. The minimum absolute atomic E-state index is 0.0221. The Morgan fingerprint density at radius 3 is 2.47 bits per heavy atom. The van der Waals surface area contributed by atoms with E-state index in [-0.39, 0.29) is 23.8 Å². The first-order chi connectivity index (χ1) is 8.01. The smallest absolute Gasteiger partial charge is 0.222 e. The van der Waals surface area contributed by atoms with Gasteiger partial charge in [0.25, 0.3) is 0 Å². The third kappa shape index (κ3) is 7.74. The summed E-state index contributed by atoms with van der Waals surface area (Å²) in [5.74, 6) is -0.143. The van der Waals surface area contributed by atoms with Gasteiger partial charge in [-0.3, -0.25) is 9.59 Å². The molecule has 0 spiro atoms. The van der Waals surface area contributed by atoms with Crippen molar-refractivity contribution in [2.75, 3.05) is 13.1 Å². The molecule has 0 saturated heterocycles. The maximum Gasteiger partial charge on any atom is 0.222 e. The summed E-state index contributed by atoms with van der Waals surface area (Å²) in [4.78, 5) is 22.9. The van der Waals surface area contributed by atoms with Crippen molar-refractivity contribution in [1.82, 2.24) is 10.6 Å². The highest BCUT2D eigenvalue weighted by Gasteiger charge is 2.12. The van der Waals surface area contributed by atoms with Gasteiger partial charge in [-0.05, 0) is 26.3 Å². The molecule has 0 aromatic rings. The van der Waals surface area contributed by atoms with Crippen molar-refractivity contribution in [3.63, 3.8) is 0 Å². The Morgan fingerprint density at radius 2 is 1.94 bits per heavy atom. The lowest BCUT2D eigenvalue weighted by Gasteiger charge is -2.13. The molecule has 0 aliphatic rings. The van der Waals surface area contributed by atoms with E-state index in [1.165, 1.54) is 0 Å². The molecule has 0 aliphatic heterocycles. The van der Waals surface area contributed by atoms with Gasteiger partial charge in [-0.1, -0.05) is 13.8 Å². The van der Waals surface area contributed by atoms with E-state index in [4.69, 9.17) is 5.73 Å². The van der Waals surface area contributed by atoms with Gasteiger partial charge < -0.3 is 16.4 Å². The number of rotatable bonds is 8. The van der Waals surface area contributed by atoms with Crippen molar-refractivity contribution in [3.8, 4) is 0 Å². The number of nitrogens with one attached hydrogen (secondary N) is 2. The molecular formula is C12H25N3O2. The van der Waals surface area contributed by atoms with Crippen LogP contribution in [0.4, 0.5) is 0 Å². The zero-order valence-electron chi connectivity index (χ0n) is 11.1. The predicted molar refractivity (Wildman–Crippen MR) is 68.4 cm³/mol. The normalized spacial score (nSPS) is 13.9. The van der Waals surface area contributed by atoms with Gasteiger partial charge in [-0.2, -0.15) is 0 Å². The Balaban J connectivity index is 3.69. The first-order valence-corrected chi connectivity index (χ1v) is 6.28. The van der Waals surface area contributed by atoms with Crippen molar-refractivity contribution in [3.05, 3.63) is 0 Å². The molecule has 100 valence electrons. The van der Waals surface area contributed by atoms with Gasteiger partial charge in [0.1, 0.15) is 0 Å². The maximum absolute atomic E-state index is 11.5. The molecule has 0 aliphatic carbocycles. The average molecular weight is 243 g/mol. The van der Waals surface area contributed by atoms with Crippen molar-refractivity contribution in [2.24, 2.45) is 11.7 Å². The van der Waals surface area contributed by atoms with Crippen LogP contribution in [0.2, 0.25) is 0 Å². The third-order valence-corrected chi connectivity index (χ3v) is 2.72. The summed E-state index contributed by atoms with van der Waals surface area (Å²) in [6, 6.07) is 0.189. The Labute approximate surface area is 104 Å². The summed E-state index contributed by atoms with van der Waals surface area (Å²) in [5, 5.41) is 5.58. The molecule has 2 amide bonds. The number of carbonyl (C=O) groups is 2. The van der Waals surface area contributed by atoms with Crippen LogP contribution in [0, 0.1) is 5.92 Å². The van der Waals surface area contributed by atoms with Crippen molar-refractivity contribution < 1.29 is 9.59 Å². The zero-order chi connectivity index (χ0) is 13.3. The van der Waals surface area contributed by atoms with Crippen LogP contribution in [0.25, 0.3) is 0 Å². The van der Waals surface area contributed by atoms with E-state index in [9.17, 15) is 9.59 Å². The summed E-state index contributed by atoms with van der Waals surface area (Å²) < 4.78 is 0. The van der Waals surface area contributed by atoms with Crippen molar-refractivity contribution in [1.29, 1.82) is 0 Å². The highest BCUT2D eigenvalue weighted by atomic mass is 16.2. The number of nitrogens with two attached hydrogens (primary N) is 1. The fourth-order valence-electron chi connectivity index (χ4n) is 1.30. The molecular weight excluding hydrogens is 218 g/mol. The molecule has 0 rings (SSSR count). The molecule has 0 heterocycles. The second-order valence-corrected chi connectivity index (χ2v) is 4.40. The Morgan fingerprint density at radius 1 is 1.29 bits per heavy atom. The molecule has 5 nitrogen and oxygen atoms in total. The number of hydrogen-bond donors (Lipinski definition) is 3.